The van der Waals surface area contributed by atoms with Gasteiger partial charge in [0.05, 0.1) is 11.7 Å². The molecule has 1 aromatic heterocycles. The van der Waals surface area contributed by atoms with Crippen LogP contribution in [-0.4, -0.2) is 16.3 Å². The zero-order valence-corrected chi connectivity index (χ0v) is 11.9. The summed E-state index contributed by atoms with van der Waals surface area (Å²) in [7, 11) is 0. The molecule has 3 nitrogen and oxygen atoms in total. The van der Waals surface area contributed by atoms with Gasteiger partial charge in [-0.05, 0) is 37.5 Å². The molecule has 18 heavy (non-hydrogen) atoms. The summed E-state index contributed by atoms with van der Waals surface area (Å²) in [5.74, 6) is 1.87. The summed E-state index contributed by atoms with van der Waals surface area (Å²) in [6.07, 6.45) is 6.35. The lowest BCUT2D eigenvalue weighted by Crippen LogP contribution is -2.28. The molecule has 100 valence electrons. The van der Waals surface area contributed by atoms with E-state index in [9.17, 15) is 0 Å². The van der Waals surface area contributed by atoms with Crippen molar-refractivity contribution >= 4 is 5.82 Å². The van der Waals surface area contributed by atoms with Crippen LogP contribution in [0.25, 0.3) is 0 Å². The Balaban J connectivity index is 1.92. The fourth-order valence-corrected chi connectivity index (χ4v) is 3.32. The molecule has 1 atom stereocenters. The van der Waals surface area contributed by atoms with Crippen LogP contribution in [0.2, 0.25) is 0 Å². The lowest BCUT2D eigenvalue weighted by molar-refractivity contribution is 0.282. The highest BCUT2D eigenvalue weighted by Crippen LogP contribution is 2.56. The molecular formula is C15H25N3. The topological polar surface area (TPSA) is 29.9 Å². The minimum atomic E-state index is 0.522. The number of anilines is 1. The highest BCUT2D eigenvalue weighted by atomic mass is 15.4. The number of hydrogen-bond acceptors (Lipinski definition) is 2. The first kappa shape index (κ1) is 12.1. The van der Waals surface area contributed by atoms with Gasteiger partial charge in [0.2, 0.25) is 0 Å². The van der Waals surface area contributed by atoms with Gasteiger partial charge in [-0.15, -0.1) is 0 Å². The second kappa shape index (κ2) is 4.29. The van der Waals surface area contributed by atoms with E-state index in [2.05, 4.69) is 36.8 Å². The van der Waals surface area contributed by atoms with Crippen LogP contribution in [0.4, 0.5) is 5.82 Å². The standard InChI is InChI=1S/C15H25N3/c1-4-11(5-2)12-10-14-16-9-6-13(18(14)17-12)15(3)7-8-15/h10-11,13,16H,4-9H2,1-3H3. The van der Waals surface area contributed by atoms with Gasteiger partial charge in [-0.25, -0.2) is 4.68 Å². The zero-order valence-electron chi connectivity index (χ0n) is 11.9. The van der Waals surface area contributed by atoms with Gasteiger partial charge in [0.1, 0.15) is 5.82 Å². The van der Waals surface area contributed by atoms with Crippen molar-refractivity contribution in [3.05, 3.63) is 11.8 Å². The number of hydrogen-bond donors (Lipinski definition) is 1. The zero-order chi connectivity index (χ0) is 12.8. The van der Waals surface area contributed by atoms with Crippen molar-refractivity contribution in [1.82, 2.24) is 9.78 Å². The fourth-order valence-electron chi connectivity index (χ4n) is 3.32. The maximum absolute atomic E-state index is 4.93. The molecule has 1 unspecified atom stereocenters. The molecule has 0 saturated heterocycles. The lowest BCUT2D eigenvalue weighted by Gasteiger charge is -2.30. The predicted octanol–water partition coefficient (Wildman–Crippen LogP) is 3.94. The molecule has 0 aromatic carbocycles. The van der Waals surface area contributed by atoms with E-state index < -0.39 is 0 Å². The Hall–Kier alpha value is -0.990. The molecule has 1 aliphatic carbocycles. The molecule has 0 spiro atoms. The number of nitrogens with zero attached hydrogens (tertiary/aromatic N) is 2. The third-order valence-electron chi connectivity index (χ3n) is 5.02. The monoisotopic (exact) mass is 247 g/mol. The average molecular weight is 247 g/mol. The molecule has 1 fully saturated rings. The summed E-state index contributed by atoms with van der Waals surface area (Å²) < 4.78 is 2.30. The summed E-state index contributed by atoms with van der Waals surface area (Å²) in [4.78, 5) is 0. The highest BCUT2D eigenvalue weighted by Gasteiger charge is 2.47. The Bertz CT molecular complexity index is 427. The van der Waals surface area contributed by atoms with Crippen molar-refractivity contribution in [2.24, 2.45) is 5.41 Å². The minimum absolute atomic E-state index is 0.522. The van der Waals surface area contributed by atoms with Gasteiger partial charge in [-0.1, -0.05) is 20.8 Å². The van der Waals surface area contributed by atoms with Crippen LogP contribution in [0.15, 0.2) is 6.07 Å². The van der Waals surface area contributed by atoms with Crippen LogP contribution in [0, 0.1) is 5.41 Å². The van der Waals surface area contributed by atoms with Gasteiger partial charge >= 0.3 is 0 Å². The van der Waals surface area contributed by atoms with Gasteiger partial charge in [-0.2, -0.15) is 5.10 Å². The van der Waals surface area contributed by atoms with E-state index in [-0.39, 0.29) is 0 Å². The van der Waals surface area contributed by atoms with Crippen molar-refractivity contribution in [2.45, 2.75) is 64.8 Å². The summed E-state index contributed by atoms with van der Waals surface area (Å²) in [6.45, 7) is 8.05. The van der Waals surface area contributed by atoms with Gasteiger partial charge in [0.25, 0.3) is 0 Å². The molecule has 2 aliphatic rings. The van der Waals surface area contributed by atoms with E-state index in [0.29, 0.717) is 17.4 Å². The van der Waals surface area contributed by atoms with Gasteiger partial charge in [0, 0.05) is 18.5 Å². The van der Waals surface area contributed by atoms with E-state index in [4.69, 9.17) is 5.10 Å². The molecule has 1 saturated carbocycles. The molecule has 1 aromatic rings. The molecule has 0 radical (unpaired) electrons. The van der Waals surface area contributed by atoms with Crippen LogP contribution >= 0.6 is 0 Å². The Morgan fingerprint density at radius 2 is 2.17 bits per heavy atom. The smallest absolute Gasteiger partial charge is 0.124 e. The maximum atomic E-state index is 4.93. The van der Waals surface area contributed by atoms with E-state index in [1.807, 2.05) is 0 Å². The highest BCUT2D eigenvalue weighted by molar-refractivity contribution is 5.41. The predicted molar refractivity (Wildman–Crippen MR) is 75.0 cm³/mol. The first-order valence-corrected chi connectivity index (χ1v) is 7.51. The third kappa shape index (κ3) is 1.84. The Kier molecular flexibility index (Phi) is 2.87. The van der Waals surface area contributed by atoms with Crippen LogP contribution in [-0.2, 0) is 0 Å². The fraction of sp³-hybridized carbons (Fsp3) is 0.800. The number of rotatable bonds is 4. The number of aromatic nitrogens is 2. The summed E-state index contributed by atoms with van der Waals surface area (Å²) in [5.41, 5.74) is 1.81. The first-order chi connectivity index (χ1) is 8.68. The molecule has 1 N–H and O–H groups in total. The van der Waals surface area contributed by atoms with Crippen molar-refractivity contribution < 1.29 is 0 Å². The van der Waals surface area contributed by atoms with Crippen LogP contribution < -0.4 is 5.32 Å². The molecule has 1 aliphatic heterocycles. The SMILES string of the molecule is CCC(CC)c1cc2n(n1)C(C1(C)CC1)CCN2. The van der Waals surface area contributed by atoms with E-state index >= 15 is 0 Å². The largest absolute Gasteiger partial charge is 0.370 e. The Labute approximate surface area is 110 Å². The molecule has 2 heterocycles. The number of fused-ring (bicyclic) bond motifs is 1. The summed E-state index contributed by atoms with van der Waals surface area (Å²) in [6, 6.07) is 2.91. The van der Waals surface area contributed by atoms with Crippen molar-refractivity contribution in [3.63, 3.8) is 0 Å². The Morgan fingerprint density at radius 3 is 2.78 bits per heavy atom. The molecule has 3 heteroatoms. The normalized spacial score (nSPS) is 24.8. The van der Waals surface area contributed by atoms with Crippen LogP contribution in [0.5, 0.6) is 0 Å². The van der Waals surface area contributed by atoms with Crippen molar-refractivity contribution in [1.29, 1.82) is 0 Å². The van der Waals surface area contributed by atoms with Gasteiger partial charge in [0.15, 0.2) is 0 Å². The quantitative estimate of drug-likeness (QED) is 0.873. The second-order valence-corrected chi connectivity index (χ2v) is 6.30. The summed E-state index contributed by atoms with van der Waals surface area (Å²) >= 11 is 0. The Morgan fingerprint density at radius 1 is 1.44 bits per heavy atom. The summed E-state index contributed by atoms with van der Waals surface area (Å²) in [5, 5.41) is 8.45. The molecule has 0 bridgehead atoms. The lowest BCUT2D eigenvalue weighted by atomic mass is 9.95. The van der Waals surface area contributed by atoms with Crippen LogP contribution in [0.3, 0.4) is 0 Å². The van der Waals surface area contributed by atoms with Crippen LogP contribution in [0.1, 0.15) is 70.5 Å². The van der Waals surface area contributed by atoms with E-state index in [1.165, 1.54) is 43.6 Å². The maximum Gasteiger partial charge on any atom is 0.124 e. The second-order valence-electron chi connectivity index (χ2n) is 6.30. The average Bonchev–Trinajstić information content (AvgIpc) is 2.98. The van der Waals surface area contributed by atoms with Gasteiger partial charge in [-0.3, -0.25) is 0 Å². The van der Waals surface area contributed by atoms with Crippen molar-refractivity contribution in [2.75, 3.05) is 11.9 Å². The number of nitrogens with one attached hydrogen (secondary N) is 1. The minimum Gasteiger partial charge on any atom is -0.370 e. The van der Waals surface area contributed by atoms with E-state index in [1.54, 1.807) is 0 Å². The third-order valence-corrected chi connectivity index (χ3v) is 5.02. The molecule has 3 rings (SSSR count). The molecule has 0 amide bonds. The molecular weight excluding hydrogens is 222 g/mol. The van der Waals surface area contributed by atoms with Gasteiger partial charge < -0.3 is 5.32 Å². The van der Waals surface area contributed by atoms with Crippen molar-refractivity contribution in [3.8, 4) is 0 Å². The first-order valence-electron chi connectivity index (χ1n) is 7.51. The van der Waals surface area contributed by atoms with E-state index in [0.717, 1.165) is 6.54 Å².